The third kappa shape index (κ3) is 6.03. The Morgan fingerprint density at radius 3 is 2.60 bits per heavy atom. The number of carbonyl (C=O) groups excluding carboxylic acids is 1. The predicted octanol–water partition coefficient (Wildman–Crippen LogP) is 2.77. The molecule has 0 bridgehead atoms. The van der Waals surface area contributed by atoms with Crippen molar-refractivity contribution in [3.8, 4) is 5.75 Å². The highest BCUT2D eigenvalue weighted by Gasteiger charge is 2.38. The van der Waals surface area contributed by atoms with Crippen LogP contribution in [-0.4, -0.2) is 81.7 Å². The average Bonchev–Trinajstić information content (AvgIpc) is 3.23. The lowest BCUT2D eigenvalue weighted by molar-refractivity contribution is 0.0101. The maximum atomic E-state index is 13.2. The third-order valence-corrected chi connectivity index (χ3v) is 8.38. The Bertz CT molecular complexity index is 1170. The zero-order chi connectivity index (χ0) is 25.2. The fourth-order valence-corrected chi connectivity index (χ4v) is 6.18. The van der Waals surface area contributed by atoms with E-state index in [-0.39, 0.29) is 30.0 Å². The number of ether oxygens (including phenoxy) is 3. The van der Waals surface area contributed by atoms with Gasteiger partial charge in [-0.25, -0.2) is 8.42 Å². The summed E-state index contributed by atoms with van der Waals surface area (Å²) in [6.45, 7) is 7.72. The summed E-state index contributed by atoms with van der Waals surface area (Å²) in [6.07, 6.45) is -0.761. The molecule has 2 aliphatic rings. The van der Waals surface area contributed by atoms with E-state index in [4.69, 9.17) is 14.2 Å². The number of aryl methyl sites for hydroxylation is 2. The number of morpholine rings is 1. The minimum absolute atomic E-state index is 0.0427. The highest BCUT2D eigenvalue weighted by molar-refractivity contribution is 7.88. The molecule has 2 aromatic carbocycles. The fourth-order valence-electron chi connectivity index (χ4n) is 4.61. The number of methoxy groups -OCH3 is 1. The van der Waals surface area contributed by atoms with Crippen LogP contribution in [0.5, 0.6) is 5.75 Å². The molecule has 0 N–H and O–H groups in total. The first kappa shape index (κ1) is 25.6. The van der Waals surface area contributed by atoms with Gasteiger partial charge in [-0.15, -0.1) is 0 Å². The van der Waals surface area contributed by atoms with Crippen LogP contribution < -0.4 is 4.74 Å². The molecule has 0 aromatic heterocycles. The van der Waals surface area contributed by atoms with Crippen molar-refractivity contribution in [2.75, 3.05) is 39.9 Å². The molecule has 4 rings (SSSR count). The van der Waals surface area contributed by atoms with Crippen molar-refractivity contribution in [3.05, 3.63) is 64.7 Å². The lowest BCUT2D eigenvalue weighted by Crippen LogP contribution is -2.44. The molecule has 2 heterocycles. The van der Waals surface area contributed by atoms with Gasteiger partial charge in [0, 0.05) is 25.8 Å². The minimum atomic E-state index is -3.47. The van der Waals surface area contributed by atoms with E-state index in [1.807, 2.05) is 39.0 Å². The van der Waals surface area contributed by atoms with E-state index < -0.39 is 10.0 Å². The van der Waals surface area contributed by atoms with Gasteiger partial charge < -0.3 is 19.1 Å². The summed E-state index contributed by atoms with van der Waals surface area (Å²) >= 11 is 0. The molecular weight excluding hydrogens is 468 g/mol. The maximum absolute atomic E-state index is 13.2. The summed E-state index contributed by atoms with van der Waals surface area (Å²) in [5, 5.41) is 0. The molecule has 2 aromatic rings. The van der Waals surface area contributed by atoms with Crippen molar-refractivity contribution < 1.29 is 27.4 Å². The highest BCUT2D eigenvalue weighted by Crippen LogP contribution is 2.25. The van der Waals surface area contributed by atoms with Gasteiger partial charge in [0.1, 0.15) is 18.0 Å². The van der Waals surface area contributed by atoms with Crippen molar-refractivity contribution in [1.82, 2.24) is 9.21 Å². The molecule has 2 fully saturated rings. The van der Waals surface area contributed by atoms with Gasteiger partial charge in [0.2, 0.25) is 10.0 Å². The third-order valence-electron chi connectivity index (χ3n) is 6.56. The Morgan fingerprint density at radius 1 is 1.09 bits per heavy atom. The molecule has 3 atom stereocenters. The topological polar surface area (TPSA) is 85.4 Å². The molecule has 9 heteroatoms. The largest absolute Gasteiger partial charge is 0.486 e. The average molecular weight is 503 g/mol. The number of hydrogen-bond acceptors (Lipinski definition) is 6. The van der Waals surface area contributed by atoms with Crippen LogP contribution in [0, 0.1) is 13.8 Å². The van der Waals surface area contributed by atoms with E-state index in [1.54, 1.807) is 36.3 Å². The molecule has 2 saturated heterocycles. The van der Waals surface area contributed by atoms with Gasteiger partial charge >= 0.3 is 0 Å². The van der Waals surface area contributed by atoms with E-state index >= 15 is 0 Å². The van der Waals surface area contributed by atoms with E-state index in [9.17, 15) is 13.2 Å². The summed E-state index contributed by atoms with van der Waals surface area (Å²) in [4.78, 5) is 15.0. The van der Waals surface area contributed by atoms with Crippen LogP contribution >= 0.6 is 0 Å². The number of likely N-dealkylation sites (tertiary alicyclic amines) is 1. The highest BCUT2D eigenvalue weighted by atomic mass is 32.2. The Balaban J connectivity index is 1.44. The monoisotopic (exact) mass is 502 g/mol. The molecule has 3 unspecified atom stereocenters. The van der Waals surface area contributed by atoms with Crippen molar-refractivity contribution in [2.24, 2.45) is 0 Å². The van der Waals surface area contributed by atoms with Gasteiger partial charge in [0.15, 0.2) is 0 Å². The Labute approximate surface area is 207 Å². The first-order chi connectivity index (χ1) is 16.7. The quantitative estimate of drug-likeness (QED) is 0.579. The molecule has 190 valence electrons. The molecule has 1 amide bonds. The summed E-state index contributed by atoms with van der Waals surface area (Å²) in [5.41, 5.74) is 3.30. The normalized spacial score (nSPS) is 23.4. The van der Waals surface area contributed by atoms with Crippen molar-refractivity contribution in [1.29, 1.82) is 0 Å². The van der Waals surface area contributed by atoms with Crippen molar-refractivity contribution in [2.45, 2.75) is 44.8 Å². The summed E-state index contributed by atoms with van der Waals surface area (Å²) in [5.74, 6) is 0.409. The molecule has 0 saturated carbocycles. The van der Waals surface area contributed by atoms with Gasteiger partial charge in [-0.05, 0) is 50.1 Å². The molecule has 0 spiro atoms. The number of nitrogens with zero attached hydrogens (tertiary/aromatic N) is 2. The first-order valence-corrected chi connectivity index (χ1v) is 13.5. The van der Waals surface area contributed by atoms with E-state index in [0.29, 0.717) is 49.7 Å². The number of rotatable bonds is 7. The second-order valence-electron chi connectivity index (χ2n) is 9.40. The maximum Gasteiger partial charge on any atom is 0.254 e. The van der Waals surface area contributed by atoms with Crippen LogP contribution in [0.15, 0.2) is 42.5 Å². The van der Waals surface area contributed by atoms with Crippen LogP contribution in [0.2, 0.25) is 0 Å². The zero-order valence-electron chi connectivity index (χ0n) is 20.8. The van der Waals surface area contributed by atoms with Crippen LogP contribution in [-0.2, 0) is 25.2 Å². The van der Waals surface area contributed by atoms with E-state index in [0.717, 1.165) is 11.1 Å². The number of hydrogen-bond donors (Lipinski definition) is 0. The van der Waals surface area contributed by atoms with Gasteiger partial charge in [0.05, 0.1) is 31.6 Å². The summed E-state index contributed by atoms with van der Waals surface area (Å²) in [6, 6.07) is 13.0. The van der Waals surface area contributed by atoms with Crippen LogP contribution in [0.4, 0.5) is 0 Å². The second kappa shape index (κ2) is 10.7. The van der Waals surface area contributed by atoms with Gasteiger partial charge in [0.25, 0.3) is 5.91 Å². The number of carbonyl (C=O) groups is 1. The van der Waals surface area contributed by atoms with Crippen molar-refractivity contribution >= 4 is 15.9 Å². The molecule has 8 nitrogen and oxygen atoms in total. The standard InChI is InChI=1S/C26H34N2O6S/c1-18-8-9-19(2)23(12-18)26(29)27-15-24(32-4)25(16-27)34-22-7-5-6-21(13-22)17-35(30,31)28-10-11-33-20(3)14-28/h5-9,12-13,20,24-25H,10-11,14-17H2,1-4H3. The zero-order valence-corrected chi connectivity index (χ0v) is 21.6. The fraction of sp³-hybridized carbons (Fsp3) is 0.500. The Morgan fingerprint density at radius 2 is 1.86 bits per heavy atom. The Kier molecular flexibility index (Phi) is 7.80. The predicted molar refractivity (Wildman–Crippen MR) is 133 cm³/mol. The molecule has 0 aliphatic carbocycles. The van der Waals surface area contributed by atoms with Gasteiger partial charge in [-0.1, -0.05) is 29.8 Å². The molecule has 0 radical (unpaired) electrons. The van der Waals surface area contributed by atoms with Crippen LogP contribution in [0.3, 0.4) is 0 Å². The Hall–Kier alpha value is -2.46. The smallest absolute Gasteiger partial charge is 0.254 e. The first-order valence-electron chi connectivity index (χ1n) is 11.9. The van der Waals surface area contributed by atoms with Crippen LogP contribution in [0.25, 0.3) is 0 Å². The molecule has 2 aliphatic heterocycles. The number of sulfonamides is 1. The van der Waals surface area contributed by atoms with Crippen molar-refractivity contribution in [3.63, 3.8) is 0 Å². The van der Waals surface area contributed by atoms with Crippen LogP contribution in [0.1, 0.15) is 34.0 Å². The van der Waals surface area contributed by atoms with Gasteiger partial charge in [-0.2, -0.15) is 4.31 Å². The minimum Gasteiger partial charge on any atom is -0.486 e. The number of benzene rings is 2. The molecule has 35 heavy (non-hydrogen) atoms. The summed E-state index contributed by atoms with van der Waals surface area (Å²) < 4.78 is 44.7. The number of amides is 1. The summed E-state index contributed by atoms with van der Waals surface area (Å²) in [7, 11) is -1.86. The van der Waals surface area contributed by atoms with E-state index in [2.05, 4.69) is 0 Å². The van der Waals surface area contributed by atoms with E-state index in [1.165, 1.54) is 4.31 Å². The SMILES string of the molecule is COC1CN(C(=O)c2cc(C)ccc2C)CC1Oc1cccc(CS(=O)(=O)N2CCOC(C)C2)c1. The van der Waals surface area contributed by atoms with Gasteiger partial charge in [-0.3, -0.25) is 4.79 Å². The lowest BCUT2D eigenvalue weighted by atomic mass is 10.0. The second-order valence-corrected chi connectivity index (χ2v) is 11.4. The lowest BCUT2D eigenvalue weighted by Gasteiger charge is -2.30. The molecular formula is C26H34N2O6S.